The molecule has 0 amide bonds. The minimum atomic E-state index is 0. The van der Waals surface area contributed by atoms with E-state index in [1.54, 1.807) is 6.66 Å². The smallest absolute Gasteiger partial charge is 0 e. The van der Waals surface area contributed by atoms with Crippen LogP contribution in [0.25, 0.3) is 0 Å². The zero-order chi connectivity index (χ0) is 2.00. The van der Waals surface area contributed by atoms with Crippen molar-refractivity contribution in [1.29, 1.82) is 0 Å². The Labute approximate surface area is 65.1 Å². The molecule has 0 aliphatic carbocycles. The van der Waals surface area contributed by atoms with Crippen LogP contribution in [0.3, 0.4) is 0 Å². The molecule has 0 rings (SSSR count). The second-order valence-corrected chi connectivity index (χ2v) is 0. The van der Waals surface area contributed by atoms with Gasteiger partial charge in [0.2, 0.25) is 0 Å². The van der Waals surface area contributed by atoms with Crippen molar-refractivity contribution in [3.63, 3.8) is 0 Å². The first-order chi connectivity index (χ1) is 1.00. The summed E-state index contributed by atoms with van der Waals surface area (Å²) in [5, 5.41) is 0. The molecule has 0 heterocycles. The Balaban J connectivity index is -0.00000000500. The van der Waals surface area contributed by atoms with Gasteiger partial charge in [0.05, 0.1) is 0 Å². The summed E-state index contributed by atoms with van der Waals surface area (Å²) in [6.07, 6.45) is 0. The van der Waals surface area contributed by atoms with E-state index in [-0.39, 0.29) is 43.3 Å². The maximum atomic E-state index is 4.19. The molecule has 0 atom stereocenters. The van der Waals surface area contributed by atoms with Gasteiger partial charge in [-0.1, -0.05) is 0 Å². The Hall–Kier alpha value is 1.99. The van der Waals surface area contributed by atoms with Crippen molar-refractivity contribution in [3.8, 4) is 0 Å². The first-order valence-corrected chi connectivity index (χ1v) is 1.24. The molecule has 0 spiro atoms. The van der Waals surface area contributed by atoms with Crippen molar-refractivity contribution in [2.45, 2.75) is 0 Å². The Morgan fingerprint density at radius 1 is 1.25 bits per heavy atom. The van der Waals surface area contributed by atoms with E-state index in [1.165, 1.54) is 0 Å². The van der Waals surface area contributed by atoms with Crippen LogP contribution in [0.2, 0.25) is 0 Å². The van der Waals surface area contributed by atoms with Gasteiger partial charge in [0.1, 0.15) is 0 Å². The average Bonchev–Trinajstić information content (AvgIpc) is 1.00. The molecule has 0 nitrogen and oxygen atoms in total. The molecule has 0 aliphatic rings. The fraction of sp³-hybridized carbons (Fsp3) is 0. The van der Waals surface area contributed by atoms with E-state index < -0.39 is 0 Å². The van der Waals surface area contributed by atoms with Crippen LogP contribution in [0.5, 0.6) is 0 Å². The molecule has 0 unspecified atom stereocenters. The van der Waals surface area contributed by atoms with Gasteiger partial charge >= 0.3 is 22.5 Å². The van der Waals surface area contributed by atoms with Gasteiger partial charge in [-0.15, -0.1) is 0 Å². The number of rotatable bonds is 0. The molecule has 0 bridgehead atoms. The van der Waals surface area contributed by atoms with Gasteiger partial charge in [-0.25, -0.2) is 0 Å². The zero-order valence-electron chi connectivity index (χ0n) is 2.16. The average molecular weight is 223 g/mol. The first kappa shape index (κ1) is 16.7. The predicted molar refractivity (Wildman–Crippen MR) is 8.54 cm³/mol. The molecule has 0 aliphatic heterocycles. The third kappa shape index (κ3) is 9.01. The van der Waals surface area contributed by atoms with E-state index in [0.29, 0.717) is 0 Å². The minimum Gasteiger partial charge on any atom is 0 e. The summed E-state index contributed by atoms with van der Waals surface area (Å²) in [5.74, 6) is 0. The number of hydrogen-bond acceptors (Lipinski definition) is 0. The Morgan fingerprint density at radius 2 is 1.25 bits per heavy atom. The van der Waals surface area contributed by atoms with E-state index in [0.717, 1.165) is 0 Å². The van der Waals surface area contributed by atoms with Crippen molar-refractivity contribution in [1.82, 2.24) is 0 Å². The van der Waals surface area contributed by atoms with Crippen LogP contribution in [0, 0.1) is 0 Å². The molecule has 0 aromatic heterocycles. The van der Waals surface area contributed by atoms with Crippen LogP contribution in [-0.2, 0) is 59.1 Å². The quantitative estimate of drug-likeness (QED) is 0.466. The predicted octanol–water partition coefficient (Wildman–Crippen LogP) is -0.924. The molecule has 0 aromatic carbocycles. The van der Waals surface area contributed by atoms with Gasteiger partial charge in [-0.2, -0.15) is 0 Å². The molecule has 4 heavy (non-hydrogen) atoms. The Morgan fingerprint density at radius 3 is 1.25 bits per heavy atom. The van der Waals surface area contributed by atoms with E-state index in [2.05, 4.69) is 15.8 Å². The van der Waals surface area contributed by atoms with Crippen LogP contribution in [0.15, 0.2) is 0 Å². The maximum absolute atomic E-state index is 4.19. The van der Waals surface area contributed by atoms with E-state index in [9.17, 15) is 0 Å². The molecule has 0 saturated heterocycles. The molecule has 0 N–H and O–H groups in total. The topological polar surface area (TPSA) is 0 Å². The fourth-order valence-electron chi connectivity index (χ4n) is 0. The molecule has 0 saturated carbocycles. The molecular formula is H2BCuFeZr. The summed E-state index contributed by atoms with van der Waals surface area (Å²) in [6.45, 7) is 1.56. The van der Waals surface area contributed by atoms with Crippen molar-refractivity contribution in [3.05, 3.63) is 0 Å². The summed E-state index contributed by atoms with van der Waals surface area (Å²) in [4.78, 5) is 0. The molecule has 4 heteroatoms. The van der Waals surface area contributed by atoms with Crippen LogP contribution in [-0.4, -0.2) is 6.66 Å². The molecule has 0 fully saturated rings. The molecule has 0 aromatic rings. The standard InChI is InChI=1S/BH2.Cu.Fe.Zr/h1H2;;;/q+1;-1;;. The van der Waals surface area contributed by atoms with Gasteiger partial charge in [-0.3, -0.25) is 0 Å². The summed E-state index contributed by atoms with van der Waals surface area (Å²) < 4.78 is 0. The first-order valence-electron chi connectivity index (χ1n) is 0.302. The van der Waals surface area contributed by atoms with Crippen molar-refractivity contribution in [2.24, 2.45) is 0 Å². The molecule has 0 radical (unpaired) electrons. The third-order valence-electron chi connectivity index (χ3n) is 0. The summed E-state index contributed by atoms with van der Waals surface area (Å²) >= 11 is 4.19. The van der Waals surface area contributed by atoms with Crippen molar-refractivity contribution >= 4 is 6.66 Å². The van der Waals surface area contributed by atoms with Crippen LogP contribution in [0.1, 0.15) is 0 Å². The van der Waals surface area contributed by atoms with Crippen LogP contribution in [0.4, 0.5) is 0 Å². The molecular weight excluding hydrogens is 221 g/mol. The van der Waals surface area contributed by atoms with Gasteiger partial charge in [0, 0.05) is 43.3 Å². The third-order valence-corrected chi connectivity index (χ3v) is 0. The van der Waals surface area contributed by atoms with Crippen LogP contribution < -0.4 is 0 Å². The molecule has 28 valence electrons. The SMILES string of the molecule is [BH2][Cu].[Fe].[Zr]. The monoisotopic (exact) mass is 222 g/mol. The van der Waals surface area contributed by atoms with Gasteiger partial charge in [-0.05, 0) is 0 Å². The maximum Gasteiger partial charge on any atom is 0 e. The largest absolute Gasteiger partial charge is 0 e. The summed E-state index contributed by atoms with van der Waals surface area (Å²) in [7, 11) is 0. The summed E-state index contributed by atoms with van der Waals surface area (Å²) in [5.41, 5.74) is 0. The van der Waals surface area contributed by atoms with Gasteiger partial charge < -0.3 is 0 Å². The number of hydrogen-bond donors (Lipinski definition) is 0. The normalized spacial score (nSPS) is 1.50. The van der Waals surface area contributed by atoms with Crippen molar-refractivity contribution < 1.29 is 59.1 Å². The van der Waals surface area contributed by atoms with E-state index >= 15 is 0 Å². The van der Waals surface area contributed by atoms with E-state index in [1.807, 2.05) is 0 Å². The van der Waals surface area contributed by atoms with Gasteiger partial charge in [0.15, 0.2) is 0 Å². The van der Waals surface area contributed by atoms with Crippen molar-refractivity contribution in [2.75, 3.05) is 0 Å². The minimum absolute atomic E-state index is 0. The Kier molecular flexibility index (Phi) is 83.8. The summed E-state index contributed by atoms with van der Waals surface area (Å²) in [6, 6.07) is 0. The fourth-order valence-corrected chi connectivity index (χ4v) is 0. The second-order valence-electron chi connectivity index (χ2n) is 0. The van der Waals surface area contributed by atoms with Gasteiger partial charge in [0.25, 0.3) is 0 Å². The second kappa shape index (κ2) is 20.1. The Bertz CT molecular complexity index is 8.00. The zero-order valence-corrected chi connectivity index (χ0v) is 6.66. The van der Waals surface area contributed by atoms with E-state index in [4.69, 9.17) is 0 Å². The van der Waals surface area contributed by atoms with Crippen LogP contribution >= 0.6 is 0 Å².